The highest BCUT2D eigenvalue weighted by Crippen LogP contribution is 2.21. The first-order chi connectivity index (χ1) is 54.4. The van der Waals surface area contributed by atoms with Gasteiger partial charge in [0.15, 0.2) is 11.9 Å². The monoisotopic (exact) mass is 1630 g/mol. The Kier molecular flexibility index (Phi) is 43.9. The number of nitrogens with two attached hydrogens (primary N) is 7. The van der Waals surface area contributed by atoms with Gasteiger partial charge in [-0.15, -0.1) is 0 Å². The number of para-hydroxylation sites is 1. The summed E-state index contributed by atoms with van der Waals surface area (Å²) in [6.45, 7) is 13.6. The lowest BCUT2D eigenvalue weighted by molar-refractivity contribution is -0.142. The van der Waals surface area contributed by atoms with E-state index in [1.54, 1.807) is 98.2 Å². The second-order valence-electron chi connectivity index (χ2n) is 29.2. The number of hydrogen-bond donors (Lipinski definition) is 22. The highest BCUT2D eigenvalue weighted by Gasteiger charge is 2.39. The van der Waals surface area contributed by atoms with E-state index in [2.05, 4.69) is 78.8 Å². The maximum absolute atomic E-state index is 14.9. The number of aliphatic carboxylic acids is 1. The van der Waals surface area contributed by atoms with Crippen LogP contribution in [0.4, 0.5) is 0 Å². The highest BCUT2D eigenvalue weighted by molar-refractivity contribution is 7.98. The van der Waals surface area contributed by atoms with Crippen LogP contribution in [0.3, 0.4) is 0 Å². The fourth-order valence-corrected chi connectivity index (χ4v) is 12.5. The van der Waals surface area contributed by atoms with E-state index in [9.17, 15) is 77.3 Å². The van der Waals surface area contributed by atoms with Gasteiger partial charge >= 0.3 is 5.97 Å². The van der Waals surface area contributed by atoms with Gasteiger partial charge in [-0.25, -0.2) is 4.79 Å². The molecule has 640 valence electrons. The molecular weight excluding hydrogens is 1510 g/mol. The summed E-state index contributed by atoms with van der Waals surface area (Å²) in [5.41, 5.74) is 42.3. The summed E-state index contributed by atoms with van der Waals surface area (Å²) in [6.07, 6.45) is 4.16. The molecule has 15 atom stereocenters. The van der Waals surface area contributed by atoms with E-state index < -0.39 is 204 Å². The molecule has 39 heteroatoms. The quantitative estimate of drug-likeness (QED) is 0.0151. The van der Waals surface area contributed by atoms with E-state index >= 15 is 0 Å². The second-order valence-corrected chi connectivity index (χ2v) is 30.2. The van der Waals surface area contributed by atoms with Gasteiger partial charge in [-0.05, 0) is 131 Å². The number of aromatic nitrogens is 1. The SMILES string of the molecule is CC[C@H](C)[C@H](NC(=O)[C@H](C)NC(=O)[C@H](CCCCN)NC(=O)[C@@H](N)Cc1c[nH]c2ccccc12)C(=O)N[C@@H](CCCN=C(N)N)C(=O)N[C@@H](CCCN=C(N)N)C(=O)N[C@@H](Cc1ccccc1)C(=O)N[C@H](C(=O)N[C@@H](CO)C(=O)N[C@@H](CCC(N)=O)C(=O)N[C@H](C(=O)N[C@H](C(=O)N[C@@H](CCSC)C(=O)O)[C@@H](C)CC)C(C)C)C(C)C. The Morgan fingerprint density at radius 2 is 0.861 bits per heavy atom. The number of carboxylic acids is 1. The lowest BCUT2D eigenvalue weighted by Gasteiger charge is -2.30. The highest BCUT2D eigenvalue weighted by atomic mass is 32.2. The number of benzene rings is 2. The van der Waals surface area contributed by atoms with Gasteiger partial charge in [0.1, 0.15) is 72.5 Å². The molecule has 38 nitrogen and oxygen atoms in total. The molecular formula is C76H124N22O16S. The number of fused-ring (bicyclic) bond motifs is 1. The number of nitrogens with zero attached hydrogens (tertiary/aromatic N) is 2. The third-order valence-electron chi connectivity index (χ3n) is 19.3. The Hall–Kier alpha value is -10.7. The Balaban J connectivity index is 1.95. The normalized spacial score (nSPS) is 15.2. The van der Waals surface area contributed by atoms with Crippen LogP contribution in [0.2, 0.25) is 0 Å². The van der Waals surface area contributed by atoms with E-state index in [1.807, 2.05) is 24.3 Å². The van der Waals surface area contributed by atoms with E-state index in [4.69, 9.17) is 40.1 Å². The largest absolute Gasteiger partial charge is 0.480 e. The number of H-pyrrole nitrogens is 1. The molecule has 0 aliphatic rings. The summed E-state index contributed by atoms with van der Waals surface area (Å²) < 4.78 is 0. The third kappa shape index (κ3) is 34.5. The number of aliphatic imine (C=N–C) groups is 2. The van der Waals surface area contributed by atoms with Crippen LogP contribution in [0.25, 0.3) is 10.9 Å². The van der Waals surface area contributed by atoms with Crippen LogP contribution >= 0.6 is 11.8 Å². The number of aliphatic hydroxyl groups excluding tert-OH is 1. The first-order valence-corrected chi connectivity index (χ1v) is 40.2. The summed E-state index contributed by atoms with van der Waals surface area (Å²) in [5.74, 6) is -15.6. The molecule has 0 saturated heterocycles. The van der Waals surface area contributed by atoms with Gasteiger partial charge in [0.2, 0.25) is 76.8 Å². The van der Waals surface area contributed by atoms with Crippen LogP contribution in [0.15, 0.2) is 70.8 Å². The summed E-state index contributed by atoms with van der Waals surface area (Å²) >= 11 is 1.38. The Labute approximate surface area is 675 Å². The van der Waals surface area contributed by atoms with E-state index in [0.29, 0.717) is 43.5 Å². The van der Waals surface area contributed by atoms with Gasteiger partial charge in [-0.1, -0.05) is 117 Å². The second kappa shape index (κ2) is 51.2. The van der Waals surface area contributed by atoms with Crippen LogP contribution in [-0.4, -0.2) is 227 Å². The van der Waals surface area contributed by atoms with Crippen molar-refractivity contribution in [3.05, 3.63) is 71.9 Å². The number of carbonyl (C=O) groups is 14. The minimum Gasteiger partial charge on any atom is -0.480 e. The van der Waals surface area contributed by atoms with Crippen molar-refractivity contribution < 1.29 is 77.3 Å². The molecule has 0 radical (unpaired) electrons. The number of amides is 13. The molecule has 0 saturated carbocycles. The zero-order valence-electron chi connectivity index (χ0n) is 67.5. The maximum Gasteiger partial charge on any atom is 0.326 e. The first-order valence-electron chi connectivity index (χ1n) is 38.8. The Morgan fingerprint density at radius 3 is 1.35 bits per heavy atom. The Bertz CT molecular complexity index is 3760. The molecule has 0 aliphatic heterocycles. The van der Waals surface area contributed by atoms with Crippen LogP contribution in [0.1, 0.15) is 150 Å². The van der Waals surface area contributed by atoms with E-state index in [-0.39, 0.29) is 76.4 Å². The van der Waals surface area contributed by atoms with Gasteiger partial charge in [0.05, 0.1) is 12.6 Å². The minimum atomic E-state index is -1.85. The summed E-state index contributed by atoms with van der Waals surface area (Å²) in [6, 6.07) is -2.49. The van der Waals surface area contributed by atoms with Gasteiger partial charge in [0.25, 0.3) is 0 Å². The number of aromatic amines is 1. The average Bonchev–Trinajstić information content (AvgIpc) is 1.69. The number of aliphatic hydroxyl groups is 1. The standard InChI is InChI=1S/C76H124N22O16S/c1-11-42(7)60(97-62(101)44(9)87-64(103)50(26-18-19-32-77)88-63(102)48(78)37-46-38-86-49-25-17-16-24-47(46)49)72(111)91-52(28-21-34-85-76(82)83)65(104)89-51(27-20-33-84-75(80)81)66(105)93-55(36-45-22-14-13-15-23-45)68(107)96-58(40(3)4)70(109)94-56(39-99)69(108)90-53(29-30-57(79)100)67(106)95-59(41(5)6)71(110)98-61(43(8)12-2)73(112)92-54(74(113)114)31-35-115-10/h13-17,22-25,38,40-44,48,50-56,58-61,86,99H,11-12,18-21,26-37,39,77-78H2,1-10H3,(H2,79,100)(H,87,103)(H,88,102)(H,89,104)(H,90,108)(H,91,111)(H,92,112)(H,93,105)(H,94,109)(H,95,106)(H,96,107)(H,97,101)(H,98,110)(H,113,114)(H4,80,81,84)(H4,82,83,85)/t42-,43-,44-,48-,50-,51-,52-,53-,54-,55-,56-,58-,59-,60-,61-/m0/s1. The van der Waals surface area contributed by atoms with Crippen molar-refractivity contribution in [1.29, 1.82) is 0 Å². The number of nitrogens with one attached hydrogen (secondary N) is 13. The van der Waals surface area contributed by atoms with Crippen molar-refractivity contribution in [2.75, 3.05) is 38.2 Å². The maximum atomic E-state index is 14.9. The number of thioether (sulfide) groups is 1. The van der Waals surface area contributed by atoms with Crippen LogP contribution < -0.4 is 104 Å². The number of guanidine groups is 2. The van der Waals surface area contributed by atoms with Gasteiger partial charge in [-0.3, -0.25) is 72.3 Å². The van der Waals surface area contributed by atoms with Crippen LogP contribution in [0, 0.1) is 23.7 Å². The molecule has 0 aliphatic carbocycles. The van der Waals surface area contributed by atoms with E-state index in [0.717, 1.165) is 16.5 Å². The fraction of sp³-hybridized carbons (Fsp3) is 0.605. The molecule has 0 bridgehead atoms. The fourth-order valence-electron chi connectivity index (χ4n) is 12.0. The smallest absolute Gasteiger partial charge is 0.326 e. The lowest BCUT2D eigenvalue weighted by atomic mass is 9.96. The molecule has 115 heavy (non-hydrogen) atoms. The summed E-state index contributed by atoms with van der Waals surface area (Å²) in [4.78, 5) is 207. The van der Waals surface area contributed by atoms with Gasteiger partial charge in [0, 0.05) is 43.0 Å². The molecule has 0 spiro atoms. The number of primary amides is 1. The number of unbranched alkanes of at least 4 members (excludes halogenated alkanes) is 1. The number of hydrogen-bond acceptors (Lipinski definition) is 20. The lowest BCUT2D eigenvalue weighted by Crippen LogP contribution is -2.62. The topological polar surface area (TPSA) is 646 Å². The summed E-state index contributed by atoms with van der Waals surface area (Å²) in [7, 11) is 0. The zero-order chi connectivity index (χ0) is 86.2. The minimum absolute atomic E-state index is 0.0267. The number of carbonyl (C=O) groups excluding carboxylic acids is 13. The third-order valence-corrected chi connectivity index (χ3v) is 19.9. The van der Waals surface area contributed by atoms with Crippen LogP contribution in [-0.2, 0) is 80.0 Å². The summed E-state index contributed by atoms with van der Waals surface area (Å²) in [5, 5.41) is 52.7. The van der Waals surface area contributed by atoms with Crippen molar-refractivity contribution in [3.63, 3.8) is 0 Å². The number of rotatable bonds is 54. The zero-order valence-corrected chi connectivity index (χ0v) is 68.3. The predicted molar refractivity (Wildman–Crippen MR) is 436 cm³/mol. The molecule has 13 amide bonds. The molecule has 2 aromatic carbocycles. The van der Waals surface area contributed by atoms with Crippen molar-refractivity contribution >= 4 is 117 Å². The van der Waals surface area contributed by atoms with Crippen molar-refractivity contribution in [2.45, 2.75) is 231 Å². The van der Waals surface area contributed by atoms with Gasteiger partial charge < -0.3 is 119 Å². The van der Waals surface area contributed by atoms with Gasteiger partial charge in [-0.2, -0.15) is 11.8 Å². The molecule has 3 aromatic rings. The van der Waals surface area contributed by atoms with E-state index in [1.165, 1.54) is 18.7 Å². The molecule has 1 aromatic heterocycles. The molecule has 0 unspecified atom stereocenters. The first kappa shape index (κ1) is 98.5. The van der Waals surface area contributed by atoms with Crippen molar-refractivity contribution in [1.82, 2.24) is 68.8 Å². The molecule has 1 heterocycles. The Morgan fingerprint density at radius 1 is 0.452 bits per heavy atom. The molecule has 0 fully saturated rings. The van der Waals surface area contributed by atoms with Crippen molar-refractivity contribution in [2.24, 2.45) is 73.8 Å². The van der Waals surface area contributed by atoms with Crippen molar-refractivity contribution in [3.8, 4) is 0 Å². The molecule has 3 rings (SSSR count). The van der Waals surface area contributed by atoms with Crippen LogP contribution in [0.5, 0.6) is 0 Å². The molecule has 29 N–H and O–H groups in total. The average molecular weight is 1630 g/mol. The predicted octanol–water partition coefficient (Wildman–Crippen LogP) is -3.15. The number of carboxylic acid groups (broad SMARTS) is 1.